The molecular weight excluding hydrogens is 364 g/mol. The van der Waals surface area contributed by atoms with Gasteiger partial charge in [-0.15, -0.1) is 0 Å². The number of hydrogen-bond acceptors (Lipinski definition) is 4. The Balaban J connectivity index is 1.58. The maximum atomic E-state index is 12.4. The maximum Gasteiger partial charge on any atom is 0.255 e. The normalized spacial score (nSPS) is 14.9. The zero-order valence-corrected chi connectivity index (χ0v) is 16.0. The van der Waals surface area contributed by atoms with Crippen LogP contribution >= 0.6 is 0 Å². The SMILES string of the molecule is O=C(Nc1ccc2c(c1)CCN2[C@@H](c1ccccc1)[C@H](O)CO)c1ccccc1. The first-order valence-electron chi connectivity index (χ1n) is 9.77. The lowest BCUT2D eigenvalue weighted by Crippen LogP contribution is -2.37. The average molecular weight is 388 g/mol. The molecule has 148 valence electrons. The van der Waals surface area contributed by atoms with Crippen LogP contribution in [0.3, 0.4) is 0 Å². The molecule has 0 unspecified atom stereocenters. The van der Waals surface area contributed by atoms with Crippen molar-refractivity contribution in [2.75, 3.05) is 23.4 Å². The molecule has 29 heavy (non-hydrogen) atoms. The molecule has 3 aromatic rings. The average Bonchev–Trinajstić information content (AvgIpc) is 3.18. The summed E-state index contributed by atoms with van der Waals surface area (Å²) in [6, 6.07) is 24.4. The van der Waals surface area contributed by atoms with Gasteiger partial charge in [-0.05, 0) is 47.9 Å². The topological polar surface area (TPSA) is 72.8 Å². The quantitative estimate of drug-likeness (QED) is 0.605. The number of aliphatic hydroxyl groups excluding tert-OH is 2. The molecule has 1 aliphatic rings. The summed E-state index contributed by atoms with van der Waals surface area (Å²) in [6.07, 6.45) is -0.0768. The molecule has 0 saturated carbocycles. The lowest BCUT2D eigenvalue weighted by molar-refractivity contribution is 0.0717. The molecule has 0 aliphatic carbocycles. The van der Waals surface area contributed by atoms with E-state index in [1.54, 1.807) is 12.1 Å². The minimum Gasteiger partial charge on any atom is -0.394 e. The Hall–Kier alpha value is -3.15. The molecule has 3 N–H and O–H groups in total. The Labute approximate surface area is 170 Å². The van der Waals surface area contributed by atoms with Gasteiger partial charge >= 0.3 is 0 Å². The highest BCUT2D eigenvalue weighted by atomic mass is 16.3. The first-order valence-corrected chi connectivity index (χ1v) is 9.77. The second-order valence-corrected chi connectivity index (χ2v) is 7.21. The van der Waals surface area contributed by atoms with Gasteiger partial charge in [0, 0.05) is 23.5 Å². The van der Waals surface area contributed by atoms with Crippen molar-refractivity contribution >= 4 is 17.3 Å². The van der Waals surface area contributed by atoms with Gasteiger partial charge in [-0.3, -0.25) is 4.79 Å². The summed E-state index contributed by atoms with van der Waals surface area (Å²) in [5, 5.41) is 23.1. The van der Waals surface area contributed by atoms with E-state index in [4.69, 9.17) is 0 Å². The molecule has 2 atom stereocenters. The largest absolute Gasteiger partial charge is 0.394 e. The number of nitrogens with zero attached hydrogens (tertiary/aromatic N) is 1. The molecule has 0 radical (unpaired) electrons. The molecule has 4 rings (SSSR count). The van der Waals surface area contributed by atoms with Crippen molar-refractivity contribution in [3.8, 4) is 0 Å². The van der Waals surface area contributed by atoms with Gasteiger partial charge in [0.1, 0.15) is 6.10 Å². The summed E-state index contributed by atoms with van der Waals surface area (Å²) in [7, 11) is 0. The number of benzene rings is 3. The Morgan fingerprint density at radius 2 is 1.69 bits per heavy atom. The van der Waals surface area contributed by atoms with Crippen LogP contribution in [0.5, 0.6) is 0 Å². The van der Waals surface area contributed by atoms with Crippen LogP contribution in [-0.2, 0) is 6.42 Å². The van der Waals surface area contributed by atoms with Crippen molar-refractivity contribution < 1.29 is 15.0 Å². The van der Waals surface area contributed by atoms with Crippen molar-refractivity contribution in [2.24, 2.45) is 0 Å². The number of carbonyl (C=O) groups is 1. The van der Waals surface area contributed by atoms with E-state index in [1.165, 1.54) is 0 Å². The van der Waals surface area contributed by atoms with E-state index in [9.17, 15) is 15.0 Å². The second-order valence-electron chi connectivity index (χ2n) is 7.21. The van der Waals surface area contributed by atoms with Crippen molar-refractivity contribution in [1.29, 1.82) is 0 Å². The van der Waals surface area contributed by atoms with Crippen molar-refractivity contribution in [1.82, 2.24) is 0 Å². The van der Waals surface area contributed by atoms with E-state index in [0.29, 0.717) is 5.56 Å². The van der Waals surface area contributed by atoms with Gasteiger partial charge in [0.25, 0.3) is 5.91 Å². The summed E-state index contributed by atoms with van der Waals surface area (Å²) in [5.41, 5.74) is 4.46. The van der Waals surface area contributed by atoms with Crippen molar-refractivity contribution in [2.45, 2.75) is 18.6 Å². The molecule has 3 aromatic carbocycles. The fourth-order valence-corrected chi connectivity index (χ4v) is 3.95. The summed E-state index contributed by atoms with van der Waals surface area (Å²) in [4.78, 5) is 14.6. The monoisotopic (exact) mass is 388 g/mol. The lowest BCUT2D eigenvalue weighted by atomic mass is 9.99. The molecule has 5 nitrogen and oxygen atoms in total. The summed E-state index contributed by atoms with van der Waals surface area (Å²) >= 11 is 0. The minimum absolute atomic E-state index is 0.140. The predicted molar refractivity (Wildman–Crippen MR) is 114 cm³/mol. The number of fused-ring (bicyclic) bond motifs is 1. The third-order valence-electron chi connectivity index (χ3n) is 5.33. The molecule has 5 heteroatoms. The van der Waals surface area contributed by atoms with Crippen LogP contribution in [0.2, 0.25) is 0 Å². The maximum absolute atomic E-state index is 12.4. The van der Waals surface area contributed by atoms with Gasteiger partial charge in [0.15, 0.2) is 0 Å². The molecule has 1 aliphatic heterocycles. The summed E-state index contributed by atoms with van der Waals surface area (Å²) in [5.74, 6) is -0.140. The Kier molecular flexibility index (Phi) is 5.60. The van der Waals surface area contributed by atoms with Crippen LogP contribution in [0, 0.1) is 0 Å². The molecular formula is C24H24N2O3. The lowest BCUT2D eigenvalue weighted by Gasteiger charge is -2.33. The van der Waals surface area contributed by atoms with E-state index in [0.717, 1.165) is 35.5 Å². The molecule has 0 aromatic heterocycles. The van der Waals surface area contributed by atoms with E-state index in [2.05, 4.69) is 10.2 Å². The van der Waals surface area contributed by atoms with Gasteiger partial charge in [-0.2, -0.15) is 0 Å². The molecule has 0 fully saturated rings. The van der Waals surface area contributed by atoms with Crippen molar-refractivity contribution in [3.63, 3.8) is 0 Å². The van der Waals surface area contributed by atoms with E-state index < -0.39 is 6.10 Å². The van der Waals surface area contributed by atoms with Crippen LogP contribution in [0.1, 0.15) is 27.5 Å². The predicted octanol–water partition coefficient (Wildman–Crippen LogP) is 3.40. The second kappa shape index (κ2) is 8.47. The van der Waals surface area contributed by atoms with Crippen LogP contribution in [-0.4, -0.2) is 35.4 Å². The standard InChI is InChI=1S/C24H24N2O3/c27-16-22(28)23(17-7-3-1-4-8-17)26-14-13-19-15-20(11-12-21(19)26)25-24(29)18-9-5-2-6-10-18/h1-12,15,22-23,27-28H,13-14,16H2,(H,25,29)/t22-,23+/m1/s1. The Morgan fingerprint density at radius 1 is 1.00 bits per heavy atom. The number of nitrogens with one attached hydrogen (secondary N) is 1. The van der Waals surface area contributed by atoms with Crippen molar-refractivity contribution in [3.05, 3.63) is 95.6 Å². The fraction of sp³-hybridized carbons (Fsp3) is 0.208. The molecule has 0 bridgehead atoms. The van der Waals surface area contributed by atoms with Gasteiger partial charge in [0.2, 0.25) is 0 Å². The third kappa shape index (κ3) is 4.01. The van der Waals surface area contributed by atoms with Crippen LogP contribution < -0.4 is 10.2 Å². The number of amides is 1. The zero-order valence-electron chi connectivity index (χ0n) is 16.0. The highest BCUT2D eigenvalue weighted by molar-refractivity contribution is 6.04. The number of hydrogen-bond donors (Lipinski definition) is 3. The highest BCUT2D eigenvalue weighted by Crippen LogP contribution is 2.38. The molecule has 0 saturated heterocycles. The number of anilines is 2. The first-order chi connectivity index (χ1) is 14.2. The van der Waals surface area contributed by atoms with E-state index in [1.807, 2.05) is 66.7 Å². The number of rotatable bonds is 6. The van der Waals surface area contributed by atoms with Crippen LogP contribution in [0.4, 0.5) is 11.4 Å². The molecule has 1 amide bonds. The Morgan fingerprint density at radius 3 is 2.38 bits per heavy atom. The Bertz CT molecular complexity index is 976. The first kappa shape index (κ1) is 19.2. The van der Waals surface area contributed by atoms with Gasteiger partial charge < -0.3 is 20.4 Å². The smallest absolute Gasteiger partial charge is 0.255 e. The number of aliphatic hydroxyl groups is 2. The summed E-state index contributed by atoms with van der Waals surface area (Å²) < 4.78 is 0. The van der Waals surface area contributed by atoms with E-state index in [-0.39, 0.29) is 18.6 Å². The van der Waals surface area contributed by atoms with Gasteiger partial charge in [-0.1, -0.05) is 48.5 Å². The van der Waals surface area contributed by atoms with E-state index >= 15 is 0 Å². The minimum atomic E-state index is -0.888. The van der Waals surface area contributed by atoms with Crippen LogP contribution in [0.15, 0.2) is 78.9 Å². The highest BCUT2D eigenvalue weighted by Gasteiger charge is 2.32. The molecule has 1 heterocycles. The van der Waals surface area contributed by atoms with Crippen LogP contribution in [0.25, 0.3) is 0 Å². The summed E-state index contributed by atoms with van der Waals surface area (Å²) in [6.45, 7) is 0.429. The zero-order chi connectivity index (χ0) is 20.2. The fourth-order valence-electron chi connectivity index (χ4n) is 3.95. The number of carbonyl (C=O) groups excluding carboxylic acids is 1. The molecule has 0 spiro atoms. The van der Waals surface area contributed by atoms with Gasteiger partial charge in [-0.25, -0.2) is 0 Å². The van der Waals surface area contributed by atoms with Gasteiger partial charge in [0.05, 0.1) is 12.6 Å². The third-order valence-corrected chi connectivity index (χ3v) is 5.33.